The fourth-order valence-corrected chi connectivity index (χ4v) is 3.05. The average molecular weight is 326 g/mol. The van der Waals surface area contributed by atoms with Gasteiger partial charge in [-0.3, -0.25) is 4.79 Å². The Morgan fingerprint density at radius 2 is 1.96 bits per heavy atom. The van der Waals surface area contributed by atoms with Crippen LogP contribution in [0.15, 0.2) is 29.3 Å². The molecule has 7 nitrogen and oxygen atoms in total. The lowest BCUT2D eigenvalue weighted by Gasteiger charge is -2.33. The van der Waals surface area contributed by atoms with E-state index in [-0.39, 0.29) is 11.1 Å². The molecule has 2 N–H and O–H groups in total. The van der Waals surface area contributed by atoms with Gasteiger partial charge in [0.25, 0.3) is 5.56 Å². The Labute approximate surface area is 140 Å². The highest BCUT2D eigenvalue weighted by Crippen LogP contribution is 2.10. The molecule has 24 heavy (non-hydrogen) atoms. The lowest BCUT2D eigenvalue weighted by atomic mass is 10.1. The van der Waals surface area contributed by atoms with Gasteiger partial charge < -0.3 is 9.80 Å². The van der Waals surface area contributed by atoms with Gasteiger partial charge in [0.15, 0.2) is 19.1 Å². The van der Waals surface area contributed by atoms with Crippen molar-refractivity contribution < 1.29 is 9.88 Å². The van der Waals surface area contributed by atoms with Crippen molar-refractivity contribution in [1.29, 1.82) is 5.26 Å². The first kappa shape index (κ1) is 16.1. The van der Waals surface area contributed by atoms with E-state index < -0.39 is 0 Å². The molecule has 1 saturated heterocycles. The van der Waals surface area contributed by atoms with E-state index in [1.807, 2.05) is 25.4 Å². The lowest BCUT2D eigenvalue weighted by molar-refractivity contribution is -0.924. The van der Waals surface area contributed by atoms with E-state index in [1.54, 1.807) is 6.92 Å². The van der Waals surface area contributed by atoms with Crippen molar-refractivity contribution in [3.63, 3.8) is 0 Å². The maximum atomic E-state index is 12.4. The van der Waals surface area contributed by atoms with Crippen molar-refractivity contribution in [2.75, 3.05) is 31.1 Å². The van der Waals surface area contributed by atoms with E-state index in [1.165, 1.54) is 15.3 Å². The molecule has 0 amide bonds. The number of aromatic nitrogens is 3. The Bertz CT molecular complexity index is 815. The van der Waals surface area contributed by atoms with Gasteiger partial charge in [-0.1, -0.05) is 0 Å². The summed E-state index contributed by atoms with van der Waals surface area (Å²) < 4.78 is 1.45. The number of aromatic amines is 1. The molecule has 0 aliphatic carbocycles. The summed E-state index contributed by atoms with van der Waals surface area (Å²) in [5.41, 5.74) is 2.56. The van der Waals surface area contributed by atoms with Crippen molar-refractivity contribution in [1.82, 2.24) is 9.78 Å². The van der Waals surface area contributed by atoms with Crippen LogP contribution < -0.4 is 20.3 Å². The summed E-state index contributed by atoms with van der Waals surface area (Å²) in [5.74, 6) is 0. The van der Waals surface area contributed by atoms with Gasteiger partial charge in [-0.15, -0.1) is 0 Å². The standard InChI is InChI=1S/C17H20N6O/c1-13-14(2)20-23(17(24)16(13)11-18)12-21-7-9-22(10-8-21)15-3-5-19-6-4-15/h3-6H,7-10,12H2,1-2H3/p+2. The van der Waals surface area contributed by atoms with Crippen LogP contribution in [0.2, 0.25) is 0 Å². The molecule has 0 spiro atoms. The summed E-state index contributed by atoms with van der Waals surface area (Å²) in [4.78, 5) is 19.1. The second kappa shape index (κ2) is 6.81. The molecule has 3 rings (SSSR count). The predicted molar refractivity (Wildman–Crippen MR) is 88.6 cm³/mol. The Balaban J connectivity index is 1.70. The third-order valence-electron chi connectivity index (χ3n) is 4.66. The monoisotopic (exact) mass is 326 g/mol. The van der Waals surface area contributed by atoms with Gasteiger partial charge in [-0.25, -0.2) is 4.98 Å². The average Bonchev–Trinajstić information content (AvgIpc) is 2.61. The molecule has 1 aliphatic heterocycles. The molecule has 2 aromatic rings. The smallest absolute Gasteiger partial charge is 0.289 e. The third-order valence-corrected chi connectivity index (χ3v) is 4.66. The Hall–Kier alpha value is -2.72. The van der Waals surface area contributed by atoms with Crippen molar-refractivity contribution in [2.45, 2.75) is 20.5 Å². The fraction of sp³-hybridized carbons (Fsp3) is 0.412. The van der Waals surface area contributed by atoms with Crippen LogP contribution in [0.1, 0.15) is 16.8 Å². The summed E-state index contributed by atoms with van der Waals surface area (Å²) in [6, 6.07) is 6.15. The molecule has 3 heterocycles. The van der Waals surface area contributed by atoms with Gasteiger partial charge in [0.05, 0.1) is 31.9 Å². The van der Waals surface area contributed by atoms with E-state index in [9.17, 15) is 10.1 Å². The number of nitrogens with zero attached hydrogens (tertiary/aromatic N) is 4. The van der Waals surface area contributed by atoms with Crippen LogP contribution in [0.4, 0.5) is 5.69 Å². The van der Waals surface area contributed by atoms with Crippen LogP contribution in [0.25, 0.3) is 0 Å². The molecular weight excluding hydrogens is 304 g/mol. The highest BCUT2D eigenvalue weighted by molar-refractivity contribution is 5.43. The van der Waals surface area contributed by atoms with Gasteiger partial charge in [0, 0.05) is 17.8 Å². The Morgan fingerprint density at radius 1 is 1.29 bits per heavy atom. The molecule has 0 bridgehead atoms. The topological polar surface area (TPSA) is 80.5 Å². The number of hydrogen-bond donors (Lipinski definition) is 1. The summed E-state index contributed by atoms with van der Waals surface area (Å²) in [6.45, 7) is 7.85. The van der Waals surface area contributed by atoms with Crippen molar-refractivity contribution in [3.8, 4) is 6.07 Å². The SMILES string of the molecule is Cc1nn(C[NH+]2CCN(c3cc[nH+]cc3)CC2)c(=O)c(C#N)c1C. The number of hydrogen-bond acceptors (Lipinski definition) is 4. The first-order chi connectivity index (χ1) is 11.6. The molecule has 2 aromatic heterocycles. The third kappa shape index (κ3) is 3.14. The number of quaternary nitrogens is 1. The summed E-state index contributed by atoms with van der Waals surface area (Å²) in [5, 5.41) is 13.6. The number of rotatable bonds is 3. The maximum Gasteiger partial charge on any atom is 0.289 e. The van der Waals surface area contributed by atoms with Crippen molar-refractivity contribution >= 4 is 5.69 Å². The Kier molecular flexibility index (Phi) is 4.58. The number of aryl methyl sites for hydroxylation is 1. The molecule has 1 aliphatic rings. The first-order valence-electron chi connectivity index (χ1n) is 8.13. The number of nitriles is 1. The van der Waals surface area contributed by atoms with Crippen LogP contribution in [0.5, 0.6) is 0 Å². The second-order valence-corrected chi connectivity index (χ2v) is 6.16. The zero-order valence-electron chi connectivity index (χ0n) is 14.0. The lowest BCUT2D eigenvalue weighted by Crippen LogP contribution is -3.14. The van der Waals surface area contributed by atoms with Gasteiger partial charge in [-0.05, 0) is 19.4 Å². The number of H-pyrrole nitrogens is 1. The largest absolute Gasteiger partial charge is 0.360 e. The van der Waals surface area contributed by atoms with E-state index >= 15 is 0 Å². The van der Waals surface area contributed by atoms with E-state index in [0.29, 0.717) is 12.2 Å². The zero-order chi connectivity index (χ0) is 17.1. The summed E-state index contributed by atoms with van der Waals surface area (Å²) in [6.07, 6.45) is 3.85. The highest BCUT2D eigenvalue weighted by Gasteiger charge is 2.22. The molecule has 0 atom stereocenters. The fourth-order valence-electron chi connectivity index (χ4n) is 3.05. The molecular formula is C17H22N6O+2. The molecule has 0 aromatic carbocycles. The summed E-state index contributed by atoms with van der Waals surface area (Å²) in [7, 11) is 0. The maximum absolute atomic E-state index is 12.4. The minimum Gasteiger partial charge on any atom is -0.360 e. The Morgan fingerprint density at radius 3 is 2.58 bits per heavy atom. The number of anilines is 1. The van der Waals surface area contributed by atoms with Crippen LogP contribution in [-0.2, 0) is 6.67 Å². The van der Waals surface area contributed by atoms with Gasteiger partial charge in [0.1, 0.15) is 11.6 Å². The molecule has 0 radical (unpaired) electrons. The first-order valence-corrected chi connectivity index (χ1v) is 8.13. The van der Waals surface area contributed by atoms with Gasteiger partial charge >= 0.3 is 0 Å². The van der Waals surface area contributed by atoms with Crippen LogP contribution in [-0.4, -0.2) is 36.0 Å². The molecule has 1 fully saturated rings. The van der Waals surface area contributed by atoms with E-state index in [0.717, 1.165) is 31.9 Å². The van der Waals surface area contributed by atoms with Crippen LogP contribution >= 0.6 is 0 Å². The van der Waals surface area contributed by atoms with Crippen molar-refractivity contribution in [3.05, 3.63) is 51.7 Å². The van der Waals surface area contributed by atoms with E-state index in [2.05, 4.69) is 27.1 Å². The number of piperazine rings is 1. The van der Waals surface area contributed by atoms with E-state index in [4.69, 9.17) is 0 Å². The van der Waals surface area contributed by atoms with Crippen molar-refractivity contribution in [2.24, 2.45) is 0 Å². The van der Waals surface area contributed by atoms with Crippen LogP contribution in [0.3, 0.4) is 0 Å². The molecule has 7 heteroatoms. The minimum atomic E-state index is -0.283. The molecule has 0 saturated carbocycles. The van der Waals surface area contributed by atoms with Gasteiger partial charge in [-0.2, -0.15) is 15.0 Å². The van der Waals surface area contributed by atoms with Gasteiger partial charge in [0.2, 0.25) is 0 Å². The minimum absolute atomic E-state index is 0.209. The second-order valence-electron chi connectivity index (χ2n) is 6.16. The summed E-state index contributed by atoms with van der Waals surface area (Å²) >= 11 is 0. The number of pyridine rings is 1. The van der Waals surface area contributed by atoms with Crippen LogP contribution in [0, 0.1) is 25.2 Å². The zero-order valence-corrected chi connectivity index (χ0v) is 14.0. The molecule has 124 valence electrons. The normalized spacial score (nSPS) is 15.3. The quantitative estimate of drug-likeness (QED) is 0.777. The highest BCUT2D eigenvalue weighted by atomic mass is 16.1. The molecule has 0 unspecified atom stereocenters. The predicted octanol–water partition coefficient (Wildman–Crippen LogP) is -1.09. The number of nitrogens with one attached hydrogen (secondary N) is 2.